The van der Waals surface area contributed by atoms with Crippen LogP contribution in [0.1, 0.15) is 30.0 Å². The van der Waals surface area contributed by atoms with Crippen LogP contribution in [0.15, 0.2) is 66.2 Å². The van der Waals surface area contributed by atoms with Gasteiger partial charge < -0.3 is 5.32 Å². The Labute approximate surface area is 127 Å². The first-order valence-electron chi connectivity index (χ1n) is 7.58. The number of rotatable bonds is 3. The van der Waals surface area contributed by atoms with Crippen molar-refractivity contribution in [2.45, 2.75) is 20.3 Å². The Hall–Kier alpha value is -2.28. The van der Waals surface area contributed by atoms with Gasteiger partial charge in [0, 0.05) is 17.8 Å². The smallest absolute Gasteiger partial charge is 0.0422 e. The van der Waals surface area contributed by atoms with E-state index in [0.29, 0.717) is 0 Å². The van der Waals surface area contributed by atoms with Crippen LogP contribution in [0.2, 0.25) is 0 Å². The Morgan fingerprint density at radius 1 is 0.952 bits per heavy atom. The Bertz CT molecular complexity index is 693. The minimum atomic E-state index is 0.896. The van der Waals surface area contributed by atoms with Crippen molar-refractivity contribution in [3.63, 3.8) is 0 Å². The first-order valence-corrected chi connectivity index (χ1v) is 7.58. The average Bonchev–Trinajstić information content (AvgIpc) is 2.55. The molecule has 0 aliphatic carbocycles. The highest BCUT2D eigenvalue weighted by molar-refractivity contribution is 5.81. The third-order valence-corrected chi connectivity index (χ3v) is 4.10. The Balaban J connectivity index is 2.04. The largest absolute Gasteiger partial charge is 0.380 e. The molecule has 0 amide bonds. The minimum absolute atomic E-state index is 0.896. The number of allylic oxidation sites excluding steroid dienone is 2. The van der Waals surface area contributed by atoms with Gasteiger partial charge in [-0.25, -0.2) is 0 Å². The lowest BCUT2D eigenvalue weighted by Gasteiger charge is -2.23. The molecule has 1 heterocycles. The topological polar surface area (TPSA) is 12.0 Å². The molecule has 0 fully saturated rings. The van der Waals surface area contributed by atoms with Crippen molar-refractivity contribution in [3.8, 4) is 0 Å². The van der Waals surface area contributed by atoms with Gasteiger partial charge in [-0.15, -0.1) is 0 Å². The van der Waals surface area contributed by atoms with Gasteiger partial charge in [-0.3, -0.25) is 0 Å². The lowest BCUT2D eigenvalue weighted by atomic mass is 9.92. The highest BCUT2D eigenvalue weighted by atomic mass is 14.9. The van der Waals surface area contributed by atoms with E-state index in [1.54, 1.807) is 0 Å². The first-order chi connectivity index (χ1) is 10.3. The maximum absolute atomic E-state index is 3.59. The molecular weight excluding hydrogens is 254 g/mol. The van der Waals surface area contributed by atoms with Gasteiger partial charge in [-0.05, 0) is 41.7 Å². The summed E-state index contributed by atoms with van der Waals surface area (Å²) < 4.78 is 0. The van der Waals surface area contributed by atoms with E-state index in [9.17, 15) is 0 Å². The van der Waals surface area contributed by atoms with Gasteiger partial charge >= 0.3 is 0 Å². The van der Waals surface area contributed by atoms with Gasteiger partial charge in [0.15, 0.2) is 0 Å². The Morgan fingerprint density at radius 3 is 2.38 bits per heavy atom. The summed E-state index contributed by atoms with van der Waals surface area (Å²) >= 11 is 0. The normalized spacial score (nSPS) is 14.7. The van der Waals surface area contributed by atoms with Gasteiger partial charge in [-0.1, -0.05) is 61.5 Å². The fraction of sp³-hybridized carbons (Fsp3) is 0.200. The third-order valence-electron chi connectivity index (χ3n) is 4.10. The van der Waals surface area contributed by atoms with Crippen molar-refractivity contribution in [3.05, 3.63) is 82.9 Å². The highest BCUT2D eigenvalue weighted by Crippen LogP contribution is 2.29. The summed E-state index contributed by atoms with van der Waals surface area (Å²) in [5, 5.41) is 3.59. The van der Waals surface area contributed by atoms with Crippen LogP contribution in [0.25, 0.3) is 11.3 Å². The maximum atomic E-state index is 3.59. The van der Waals surface area contributed by atoms with Crippen LogP contribution in [0.4, 0.5) is 0 Å². The van der Waals surface area contributed by atoms with Gasteiger partial charge in [-0.2, -0.15) is 0 Å². The average molecular weight is 275 g/mol. The second-order valence-electron chi connectivity index (χ2n) is 5.45. The number of dihydropyridines is 1. The van der Waals surface area contributed by atoms with Crippen LogP contribution >= 0.6 is 0 Å². The number of hydrogen-bond donors (Lipinski definition) is 1. The summed E-state index contributed by atoms with van der Waals surface area (Å²) in [6.07, 6.45) is 3.37. The highest BCUT2D eigenvalue weighted by Gasteiger charge is 2.15. The fourth-order valence-corrected chi connectivity index (χ4v) is 2.90. The Kier molecular flexibility index (Phi) is 3.92. The molecule has 1 aliphatic heterocycles. The fourth-order valence-electron chi connectivity index (χ4n) is 2.90. The molecule has 0 atom stereocenters. The Morgan fingerprint density at radius 2 is 1.67 bits per heavy atom. The second kappa shape index (κ2) is 6.01. The zero-order valence-corrected chi connectivity index (χ0v) is 12.7. The monoisotopic (exact) mass is 275 g/mol. The van der Waals surface area contributed by atoms with E-state index < -0.39 is 0 Å². The molecular formula is C20H21N. The predicted octanol–water partition coefficient (Wildman–Crippen LogP) is 4.80. The number of nitrogens with one attached hydrogen (secondary N) is 1. The van der Waals surface area contributed by atoms with Crippen molar-refractivity contribution in [2.75, 3.05) is 6.54 Å². The first kappa shape index (κ1) is 13.7. The number of aryl methyl sites for hydroxylation is 1. The van der Waals surface area contributed by atoms with Crippen molar-refractivity contribution in [2.24, 2.45) is 0 Å². The van der Waals surface area contributed by atoms with E-state index in [4.69, 9.17) is 0 Å². The molecule has 0 spiro atoms. The molecule has 21 heavy (non-hydrogen) atoms. The lowest BCUT2D eigenvalue weighted by molar-refractivity contribution is 0.973. The molecule has 0 saturated heterocycles. The summed E-state index contributed by atoms with van der Waals surface area (Å²) in [4.78, 5) is 0. The molecule has 0 radical (unpaired) electrons. The molecule has 0 bridgehead atoms. The third kappa shape index (κ3) is 2.78. The van der Waals surface area contributed by atoms with Crippen LogP contribution in [0.5, 0.6) is 0 Å². The van der Waals surface area contributed by atoms with Crippen LogP contribution in [0.3, 0.4) is 0 Å². The van der Waals surface area contributed by atoms with E-state index >= 15 is 0 Å². The van der Waals surface area contributed by atoms with E-state index in [0.717, 1.165) is 13.0 Å². The zero-order valence-electron chi connectivity index (χ0n) is 12.7. The molecule has 106 valence electrons. The van der Waals surface area contributed by atoms with Gasteiger partial charge in [0.25, 0.3) is 0 Å². The summed E-state index contributed by atoms with van der Waals surface area (Å²) in [5.74, 6) is 0. The standard InChI is InChI=1S/C20H21N/c1-3-16-13-20(18-12-8-7-9-15(18)2)21-14-19(16)17-10-5-4-6-11-17/h4-13,21H,3,14H2,1-2H3. The molecule has 1 aliphatic rings. The molecule has 2 aromatic rings. The van der Waals surface area contributed by atoms with E-state index in [2.05, 4.69) is 79.8 Å². The molecule has 3 rings (SSSR count). The molecule has 1 heteroatoms. The van der Waals surface area contributed by atoms with Crippen LogP contribution in [-0.4, -0.2) is 6.54 Å². The molecule has 1 nitrogen and oxygen atoms in total. The summed E-state index contributed by atoms with van der Waals surface area (Å²) in [6, 6.07) is 19.2. The molecule has 1 N–H and O–H groups in total. The van der Waals surface area contributed by atoms with Crippen molar-refractivity contribution < 1.29 is 0 Å². The number of benzene rings is 2. The van der Waals surface area contributed by atoms with Crippen molar-refractivity contribution in [1.82, 2.24) is 5.32 Å². The predicted molar refractivity (Wildman–Crippen MR) is 90.8 cm³/mol. The van der Waals surface area contributed by atoms with Crippen molar-refractivity contribution >= 4 is 11.3 Å². The summed E-state index contributed by atoms with van der Waals surface area (Å²) in [5.41, 5.74) is 8.02. The maximum Gasteiger partial charge on any atom is 0.0422 e. The van der Waals surface area contributed by atoms with Gasteiger partial charge in [0.05, 0.1) is 0 Å². The quantitative estimate of drug-likeness (QED) is 0.848. The van der Waals surface area contributed by atoms with Gasteiger partial charge in [0.1, 0.15) is 0 Å². The minimum Gasteiger partial charge on any atom is -0.380 e. The SMILES string of the molecule is CCC1=C(c2ccccc2)CNC(c2ccccc2C)=C1. The van der Waals surface area contributed by atoms with Crippen LogP contribution in [0, 0.1) is 6.92 Å². The van der Waals surface area contributed by atoms with E-state index in [-0.39, 0.29) is 0 Å². The van der Waals surface area contributed by atoms with E-state index in [1.165, 1.54) is 33.5 Å². The summed E-state index contributed by atoms with van der Waals surface area (Å²) in [6.45, 7) is 5.29. The lowest BCUT2D eigenvalue weighted by Crippen LogP contribution is -2.20. The second-order valence-corrected chi connectivity index (χ2v) is 5.45. The molecule has 2 aromatic carbocycles. The van der Waals surface area contributed by atoms with Crippen molar-refractivity contribution in [1.29, 1.82) is 0 Å². The molecule has 0 saturated carbocycles. The summed E-state index contributed by atoms with van der Waals surface area (Å²) in [7, 11) is 0. The van der Waals surface area contributed by atoms with Crippen LogP contribution in [-0.2, 0) is 0 Å². The molecule has 0 unspecified atom stereocenters. The van der Waals surface area contributed by atoms with E-state index in [1.807, 2.05) is 0 Å². The van der Waals surface area contributed by atoms with Gasteiger partial charge in [0.2, 0.25) is 0 Å². The number of hydrogen-bond acceptors (Lipinski definition) is 1. The van der Waals surface area contributed by atoms with Crippen LogP contribution < -0.4 is 5.32 Å². The zero-order chi connectivity index (χ0) is 14.7. The molecule has 0 aromatic heterocycles.